The number of carbonyl (C=O) groups excluding carboxylic acids is 1. The molecular formula is C21H18Cl2N2O2. The van der Waals surface area contributed by atoms with Crippen LogP contribution in [-0.2, 0) is 10.6 Å². The number of amides is 1. The third-order valence-corrected chi connectivity index (χ3v) is 5.25. The molecule has 1 saturated heterocycles. The lowest BCUT2D eigenvalue weighted by atomic mass is 10.0. The number of hydrogen-bond acceptors (Lipinski definition) is 3. The van der Waals surface area contributed by atoms with Crippen LogP contribution in [0.15, 0.2) is 48.5 Å². The second kappa shape index (κ2) is 7.85. The highest BCUT2D eigenvalue weighted by molar-refractivity contribution is 6.31. The van der Waals surface area contributed by atoms with Gasteiger partial charge in [-0.2, -0.15) is 0 Å². The average molecular weight is 401 g/mol. The first-order valence-corrected chi connectivity index (χ1v) is 9.69. The number of benzene rings is 2. The Hall–Kier alpha value is -2.14. The Labute approximate surface area is 167 Å². The van der Waals surface area contributed by atoms with Crippen LogP contribution in [-0.4, -0.2) is 42.1 Å². The maximum atomic E-state index is 13.2. The Morgan fingerprint density at radius 3 is 2.52 bits per heavy atom. The lowest BCUT2D eigenvalue weighted by Gasteiger charge is -2.27. The first-order chi connectivity index (χ1) is 13.2. The van der Waals surface area contributed by atoms with Crippen LogP contribution in [0.5, 0.6) is 0 Å². The van der Waals surface area contributed by atoms with E-state index < -0.39 is 0 Å². The Balaban J connectivity index is 1.83. The van der Waals surface area contributed by atoms with Crippen molar-refractivity contribution in [3.63, 3.8) is 0 Å². The van der Waals surface area contributed by atoms with Crippen molar-refractivity contribution in [1.29, 1.82) is 0 Å². The minimum Gasteiger partial charge on any atom is -0.378 e. The normalized spacial score (nSPS) is 14.5. The number of nitrogens with zero attached hydrogens (tertiary/aromatic N) is 2. The highest BCUT2D eigenvalue weighted by Gasteiger charge is 2.22. The number of pyridine rings is 1. The van der Waals surface area contributed by atoms with Gasteiger partial charge in [0.1, 0.15) is 0 Å². The quantitative estimate of drug-likeness (QED) is 0.594. The molecule has 0 atom stereocenters. The summed E-state index contributed by atoms with van der Waals surface area (Å²) in [5.41, 5.74) is 4.05. The van der Waals surface area contributed by atoms with Crippen LogP contribution in [0.25, 0.3) is 22.2 Å². The van der Waals surface area contributed by atoms with Gasteiger partial charge in [-0.25, -0.2) is 4.98 Å². The number of ether oxygens (including phenoxy) is 1. The lowest BCUT2D eigenvalue weighted by Crippen LogP contribution is -2.40. The predicted octanol–water partition coefficient (Wildman–Crippen LogP) is 4.77. The third kappa shape index (κ3) is 3.79. The summed E-state index contributed by atoms with van der Waals surface area (Å²) in [5, 5.41) is 1.39. The van der Waals surface area contributed by atoms with Gasteiger partial charge in [-0.3, -0.25) is 4.79 Å². The number of halogens is 2. The fourth-order valence-electron chi connectivity index (χ4n) is 3.23. The lowest BCUT2D eigenvalue weighted by molar-refractivity contribution is 0.0304. The molecule has 0 bridgehead atoms. The van der Waals surface area contributed by atoms with E-state index in [0.29, 0.717) is 48.3 Å². The van der Waals surface area contributed by atoms with Gasteiger partial charge in [0.05, 0.1) is 30.0 Å². The summed E-state index contributed by atoms with van der Waals surface area (Å²) in [5.74, 6) is 0.452. The SMILES string of the molecule is O=C(c1cc(-c2ccc(CCl)cc2)nc2cc(Cl)ccc12)N1CCOCC1. The molecule has 27 heavy (non-hydrogen) atoms. The van der Waals surface area contributed by atoms with Crippen molar-refractivity contribution in [2.75, 3.05) is 26.3 Å². The van der Waals surface area contributed by atoms with Gasteiger partial charge < -0.3 is 9.64 Å². The molecule has 1 amide bonds. The van der Waals surface area contributed by atoms with Crippen LogP contribution in [0.4, 0.5) is 0 Å². The van der Waals surface area contributed by atoms with Crippen LogP contribution >= 0.6 is 23.2 Å². The zero-order valence-electron chi connectivity index (χ0n) is 14.6. The van der Waals surface area contributed by atoms with Crippen LogP contribution in [0, 0.1) is 0 Å². The van der Waals surface area contributed by atoms with Crippen molar-refractivity contribution in [1.82, 2.24) is 9.88 Å². The maximum Gasteiger partial charge on any atom is 0.254 e. The first-order valence-electron chi connectivity index (χ1n) is 8.78. The zero-order valence-corrected chi connectivity index (χ0v) is 16.1. The fraction of sp³-hybridized carbons (Fsp3) is 0.238. The smallest absolute Gasteiger partial charge is 0.254 e. The summed E-state index contributed by atoms with van der Waals surface area (Å²) in [6.07, 6.45) is 0. The Morgan fingerprint density at radius 2 is 1.81 bits per heavy atom. The number of aromatic nitrogens is 1. The fourth-order valence-corrected chi connectivity index (χ4v) is 3.57. The summed E-state index contributed by atoms with van der Waals surface area (Å²) in [7, 11) is 0. The largest absolute Gasteiger partial charge is 0.378 e. The van der Waals surface area contributed by atoms with Crippen LogP contribution in [0.2, 0.25) is 5.02 Å². The summed E-state index contributed by atoms with van der Waals surface area (Å²) < 4.78 is 5.37. The molecule has 2 heterocycles. The number of carbonyl (C=O) groups is 1. The molecule has 0 saturated carbocycles. The van der Waals surface area contributed by atoms with E-state index >= 15 is 0 Å². The molecule has 0 aliphatic carbocycles. The van der Waals surface area contributed by atoms with Gasteiger partial charge in [0.2, 0.25) is 0 Å². The van der Waals surface area contributed by atoms with E-state index in [1.807, 2.05) is 41.3 Å². The third-order valence-electron chi connectivity index (χ3n) is 4.70. The molecule has 4 nitrogen and oxygen atoms in total. The highest BCUT2D eigenvalue weighted by atomic mass is 35.5. The second-order valence-electron chi connectivity index (χ2n) is 6.45. The van der Waals surface area contributed by atoms with Crippen LogP contribution in [0.1, 0.15) is 15.9 Å². The zero-order chi connectivity index (χ0) is 18.8. The monoisotopic (exact) mass is 400 g/mol. The number of rotatable bonds is 3. The molecule has 4 rings (SSSR count). The van der Waals surface area contributed by atoms with E-state index in [2.05, 4.69) is 0 Å². The topological polar surface area (TPSA) is 42.4 Å². The van der Waals surface area contributed by atoms with Gasteiger partial charge in [0, 0.05) is 34.9 Å². The maximum absolute atomic E-state index is 13.2. The summed E-state index contributed by atoms with van der Waals surface area (Å²) in [4.78, 5) is 19.7. The standard InChI is InChI=1S/C21H18Cl2N2O2/c22-13-14-1-3-15(4-2-14)19-12-18(21(26)25-7-9-27-10-8-25)17-6-5-16(23)11-20(17)24-19/h1-6,11-12H,7-10,13H2. The highest BCUT2D eigenvalue weighted by Crippen LogP contribution is 2.28. The molecule has 3 aromatic rings. The van der Waals surface area contributed by atoms with E-state index in [1.54, 1.807) is 12.1 Å². The van der Waals surface area contributed by atoms with E-state index in [-0.39, 0.29) is 5.91 Å². The van der Waals surface area contributed by atoms with Gasteiger partial charge in [-0.05, 0) is 23.8 Å². The minimum atomic E-state index is -0.00773. The van der Waals surface area contributed by atoms with Crippen molar-refractivity contribution in [3.05, 3.63) is 64.7 Å². The molecule has 1 fully saturated rings. The van der Waals surface area contributed by atoms with Crippen LogP contribution in [0.3, 0.4) is 0 Å². The van der Waals surface area contributed by atoms with E-state index in [0.717, 1.165) is 22.2 Å². The molecule has 0 spiro atoms. The van der Waals surface area contributed by atoms with Crippen molar-refractivity contribution in [2.24, 2.45) is 0 Å². The molecule has 0 N–H and O–H groups in total. The predicted molar refractivity (Wildman–Crippen MR) is 108 cm³/mol. The van der Waals surface area contributed by atoms with Crippen molar-refractivity contribution in [2.45, 2.75) is 5.88 Å². The van der Waals surface area contributed by atoms with Crippen LogP contribution < -0.4 is 0 Å². The average Bonchev–Trinajstić information content (AvgIpc) is 2.73. The Bertz CT molecular complexity index is 983. The number of alkyl halides is 1. The van der Waals surface area contributed by atoms with Gasteiger partial charge in [-0.1, -0.05) is 41.9 Å². The molecule has 6 heteroatoms. The van der Waals surface area contributed by atoms with Gasteiger partial charge in [0.15, 0.2) is 0 Å². The molecule has 0 unspecified atom stereocenters. The minimum absolute atomic E-state index is 0.00773. The molecule has 138 valence electrons. The molecule has 1 aliphatic heterocycles. The molecular weight excluding hydrogens is 383 g/mol. The summed E-state index contributed by atoms with van der Waals surface area (Å²) in [6, 6.07) is 15.2. The van der Waals surface area contributed by atoms with E-state index in [1.165, 1.54) is 0 Å². The van der Waals surface area contributed by atoms with Crippen molar-refractivity contribution < 1.29 is 9.53 Å². The number of fused-ring (bicyclic) bond motifs is 1. The van der Waals surface area contributed by atoms with Crippen molar-refractivity contribution >= 4 is 40.0 Å². The number of morpholine rings is 1. The van der Waals surface area contributed by atoms with Crippen molar-refractivity contribution in [3.8, 4) is 11.3 Å². The molecule has 2 aromatic carbocycles. The van der Waals surface area contributed by atoms with E-state index in [9.17, 15) is 4.79 Å². The second-order valence-corrected chi connectivity index (χ2v) is 7.16. The summed E-state index contributed by atoms with van der Waals surface area (Å²) >= 11 is 12.1. The molecule has 1 aromatic heterocycles. The molecule has 1 aliphatic rings. The summed E-state index contributed by atoms with van der Waals surface area (Å²) in [6.45, 7) is 2.31. The molecule has 0 radical (unpaired) electrons. The van der Waals surface area contributed by atoms with E-state index in [4.69, 9.17) is 32.9 Å². The van der Waals surface area contributed by atoms with Gasteiger partial charge >= 0.3 is 0 Å². The first kappa shape index (κ1) is 18.2. The number of hydrogen-bond donors (Lipinski definition) is 0. The Morgan fingerprint density at radius 1 is 1.07 bits per heavy atom. The van der Waals surface area contributed by atoms with Gasteiger partial charge in [-0.15, -0.1) is 11.6 Å². The Kier molecular flexibility index (Phi) is 5.30. The van der Waals surface area contributed by atoms with Gasteiger partial charge in [0.25, 0.3) is 5.91 Å².